The molecule has 3 rings (SSSR count). The lowest BCUT2D eigenvalue weighted by molar-refractivity contribution is 0.417. The van der Waals surface area contributed by atoms with E-state index in [-0.39, 0.29) is 0 Å². The largest absolute Gasteiger partial charge is 0.495 e. The zero-order valence-electron chi connectivity index (χ0n) is 15.4. The van der Waals surface area contributed by atoms with Gasteiger partial charge in [0.15, 0.2) is 5.82 Å². The second kappa shape index (κ2) is 7.82. The van der Waals surface area contributed by atoms with Crippen LogP contribution < -0.4 is 15.4 Å². The minimum absolute atomic E-state index is 0.389. The van der Waals surface area contributed by atoms with Crippen molar-refractivity contribution in [3.05, 3.63) is 59.8 Å². The van der Waals surface area contributed by atoms with Crippen LogP contribution in [0.5, 0.6) is 5.75 Å². The molecule has 0 saturated carbocycles. The van der Waals surface area contributed by atoms with Crippen LogP contribution >= 0.6 is 0 Å². The lowest BCUT2D eigenvalue weighted by Crippen LogP contribution is -2.06. The summed E-state index contributed by atoms with van der Waals surface area (Å²) in [6.45, 7) is 6.40. The molecular weight excluding hydrogens is 326 g/mol. The summed E-state index contributed by atoms with van der Waals surface area (Å²) in [4.78, 5) is 4.53. The molecule has 6 heteroatoms. The summed E-state index contributed by atoms with van der Waals surface area (Å²) >= 11 is 0. The molecule has 0 saturated heterocycles. The highest BCUT2D eigenvalue weighted by Gasteiger charge is 2.11. The monoisotopic (exact) mass is 349 g/mol. The van der Waals surface area contributed by atoms with Crippen molar-refractivity contribution in [3.8, 4) is 5.75 Å². The van der Waals surface area contributed by atoms with Gasteiger partial charge in [0.25, 0.3) is 0 Å². The highest BCUT2D eigenvalue weighted by Crippen LogP contribution is 2.30. The van der Waals surface area contributed by atoms with Gasteiger partial charge in [-0.25, -0.2) is 0 Å². The quantitative estimate of drug-likeness (QED) is 0.666. The Kier molecular flexibility index (Phi) is 5.31. The Labute approximate surface area is 153 Å². The van der Waals surface area contributed by atoms with Crippen LogP contribution in [0.15, 0.2) is 48.7 Å². The van der Waals surface area contributed by atoms with Gasteiger partial charge < -0.3 is 15.4 Å². The molecule has 1 aromatic heterocycles. The fourth-order valence-corrected chi connectivity index (χ4v) is 2.76. The molecule has 0 atom stereocenters. The first-order valence-electron chi connectivity index (χ1n) is 8.54. The summed E-state index contributed by atoms with van der Waals surface area (Å²) in [7, 11) is 1.64. The molecule has 2 N–H and O–H groups in total. The number of rotatable bonds is 6. The molecule has 3 aromatic rings. The van der Waals surface area contributed by atoms with E-state index in [2.05, 4.69) is 64.8 Å². The number of para-hydroxylation sites is 3. The average Bonchev–Trinajstić information content (AvgIpc) is 2.64. The predicted octanol–water partition coefficient (Wildman–Crippen LogP) is 4.80. The van der Waals surface area contributed by atoms with E-state index < -0.39 is 0 Å². The predicted molar refractivity (Wildman–Crippen MR) is 105 cm³/mol. The minimum Gasteiger partial charge on any atom is -0.495 e. The van der Waals surface area contributed by atoms with Crippen molar-refractivity contribution < 1.29 is 4.74 Å². The Hall–Kier alpha value is -3.15. The van der Waals surface area contributed by atoms with Crippen LogP contribution in [-0.2, 0) is 0 Å². The van der Waals surface area contributed by atoms with Crippen LogP contribution in [0.1, 0.15) is 30.9 Å². The highest BCUT2D eigenvalue weighted by atomic mass is 16.5. The number of nitrogens with one attached hydrogen (secondary N) is 2. The van der Waals surface area contributed by atoms with Gasteiger partial charge in [-0.15, -0.1) is 5.10 Å². The maximum atomic E-state index is 5.36. The van der Waals surface area contributed by atoms with Crippen molar-refractivity contribution >= 4 is 23.1 Å². The van der Waals surface area contributed by atoms with Gasteiger partial charge in [0.2, 0.25) is 5.95 Å². The van der Waals surface area contributed by atoms with E-state index >= 15 is 0 Å². The number of aromatic nitrogens is 3. The van der Waals surface area contributed by atoms with Crippen LogP contribution in [-0.4, -0.2) is 22.3 Å². The van der Waals surface area contributed by atoms with E-state index in [0.717, 1.165) is 22.7 Å². The number of methoxy groups -OCH3 is 1. The molecule has 0 aliphatic heterocycles. The van der Waals surface area contributed by atoms with Gasteiger partial charge in [-0.2, -0.15) is 10.1 Å². The molecule has 26 heavy (non-hydrogen) atoms. The third-order valence-corrected chi connectivity index (χ3v) is 4.09. The van der Waals surface area contributed by atoms with Crippen molar-refractivity contribution in [2.24, 2.45) is 0 Å². The molecular formula is C20H23N5O. The number of nitrogens with zero attached hydrogens (tertiary/aromatic N) is 3. The number of ether oxygens (including phenoxy) is 1. The van der Waals surface area contributed by atoms with E-state index in [1.165, 1.54) is 5.56 Å². The number of aryl methyl sites for hydroxylation is 1. The van der Waals surface area contributed by atoms with E-state index in [4.69, 9.17) is 4.74 Å². The van der Waals surface area contributed by atoms with E-state index in [1.807, 2.05) is 24.3 Å². The third kappa shape index (κ3) is 3.91. The summed E-state index contributed by atoms with van der Waals surface area (Å²) in [6, 6.07) is 13.9. The van der Waals surface area contributed by atoms with Gasteiger partial charge in [0.05, 0.1) is 19.0 Å². The van der Waals surface area contributed by atoms with Crippen molar-refractivity contribution in [2.75, 3.05) is 17.7 Å². The SMILES string of the molecule is COc1ccccc1Nc1cnnc(Nc2c(C)cccc2C(C)C)n1. The van der Waals surface area contributed by atoms with Crippen LogP contribution in [0.3, 0.4) is 0 Å². The molecule has 0 bridgehead atoms. The number of anilines is 4. The molecule has 0 amide bonds. The van der Waals surface area contributed by atoms with E-state index in [9.17, 15) is 0 Å². The molecule has 0 radical (unpaired) electrons. The van der Waals surface area contributed by atoms with Gasteiger partial charge in [0.1, 0.15) is 5.75 Å². The average molecular weight is 349 g/mol. The molecule has 0 aliphatic carbocycles. The second-order valence-corrected chi connectivity index (χ2v) is 6.31. The fraction of sp³-hybridized carbons (Fsp3) is 0.250. The summed E-state index contributed by atoms with van der Waals surface area (Å²) in [6.07, 6.45) is 1.58. The van der Waals surface area contributed by atoms with Gasteiger partial charge in [-0.3, -0.25) is 0 Å². The molecule has 6 nitrogen and oxygen atoms in total. The molecule has 0 fully saturated rings. The van der Waals surface area contributed by atoms with Crippen molar-refractivity contribution in [3.63, 3.8) is 0 Å². The standard InChI is InChI=1S/C20H23N5O/c1-13(2)15-9-7-8-14(3)19(15)24-20-23-18(12-21-25-20)22-16-10-5-6-11-17(16)26-4/h5-13H,1-4H3,(H2,22,23,24,25). The number of benzene rings is 2. The Morgan fingerprint density at radius 2 is 1.81 bits per heavy atom. The Morgan fingerprint density at radius 3 is 2.58 bits per heavy atom. The first kappa shape index (κ1) is 17.7. The van der Waals surface area contributed by atoms with Gasteiger partial charge in [0, 0.05) is 5.69 Å². The molecule has 0 spiro atoms. The van der Waals surface area contributed by atoms with E-state index in [1.54, 1.807) is 13.3 Å². The normalized spacial score (nSPS) is 10.7. The van der Waals surface area contributed by atoms with Gasteiger partial charge in [-0.05, 0) is 36.1 Å². The molecule has 1 heterocycles. The van der Waals surface area contributed by atoms with Crippen LogP contribution in [0.4, 0.5) is 23.1 Å². The zero-order chi connectivity index (χ0) is 18.5. The second-order valence-electron chi connectivity index (χ2n) is 6.31. The first-order chi connectivity index (χ1) is 12.6. The van der Waals surface area contributed by atoms with Gasteiger partial charge >= 0.3 is 0 Å². The molecule has 2 aromatic carbocycles. The highest BCUT2D eigenvalue weighted by molar-refractivity contribution is 5.66. The molecule has 0 aliphatic rings. The topological polar surface area (TPSA) is 72.0 Å². The van der Waals surface area contributed by atoms with E-state index in [0.29, 0.717) is 17.7 Å². The summed E-state index contributed by atoms with van der Waals surface area (Å²) in [5, 5.41) is 14.7. The smallest absolute Gasteiger partial charge is 0.249 e. The Bertz CT molecular complexity index is 895. The minimum atomic E-state index is 0.389. The van der Waals surface area contributed by atoms with Crippen LogP contribution in [0.2, 0.25) is 0 Å². The summed E-state index contributed by atoms with van der Waals surface area (Å²) in [5.41, 5.74) is 4.21. The maximum Gasteiger partial charge on any atom is 0.249 e. The van der Waals surface area contributed by atoms with Crippen molar-refractivity contribution in [1.82, 2.24) is 15.2 Å². The summed E-state index contributed by atoms with van der Waals surface area (Å²) < 4.78 is 5.36. The lowest BCUT2D eigenvalue weighted by atomic mass is 9.98. The molecule has 134 valence electrons. The fourth-order valence-electron chi connectivity index (χ4n) is 2.76. The van der Waals surface area contributed by atoms with Crippen molar-refractivity contribution in [2.45, 2.75) is 26.7 Å². The lowest BCUT2D eigenvalue weighted by Gasteiger charge is -2.16. The summed E-state index contributed by atoms with van der Waals surface area (Å²) in [5.74, 6) is 2.16. The number of hydrogen-bond donors (Lipinski definition) is 2. The Balaban J connectivity index is 1.87. The van der Waals surface area contributed by atoms with Crippen LogP contribution in [0.25, 0.3) is 0 Å². The van der Waals surface area contributed by atoms with Crippen LogP contribution in [0, 0.1) is 6.92 Å². The van der Waals surface area contributed by atoms with Gasteiger partial charge in [-0.1, -0.05) is 44.2 Å². The van der Waals surface area contributed by atoms with Crippen molar-refractivity contribution in [1.29, 1.82) is 0 Å². The molecule has 0 unspecified atom stereocenters. The zero-order valence-corrected chi connectivity index (χ0v) is 15.4. The first-order valence-corrected chi connectivity index (χ1v) is 8.54. The third-order valence-electron chi connectivity index (χ3n) is 4.09. The maximum absolute atomic E-state index is 5.36. The Morgan fingerprint density at radius 1 is 1.00 bits per heavy atom. The number of hydrogen-bond acceptors (Lipinski definition) is 6.